The molecule has 1 aromatic rings. The zero-order valence-corrected chi connectivity index (χ0v) is 7.80. The van der Waals surface area contributed by atoms with Gasteiger partial charge >= 0.3 is 0 Å². The molecular formula is C9H12N4O. The lowest BCUT2D eigenvalue weighted by Crippen LogP contribution is -2.22. The van der Waals surface area contributed by atoms with Crippen molar-refractivity contribution in [3.63, 3.8) is 0 Å². The molecule has 0 aliphatic heterocycles. The predicted molar refractivity (Wildman–Crippen MR) is 48.2 cm³/mol. The van der Waals surface area contributed by atoms with Crippen LogP contribution in [-0.4, -0.2) is 26.2 Å². The number of hydrogen-bond donors (Lipinski definition) is 1. The van der Waals surface area contributed by atoms with Crippen molar-refractivity contribution in [1.82, 2.24) is 15.0 Å². The van der Waals surface area contributed by atoms with Crippen LogP contribution in [0.3, 0.4) is 0 Å². The zero-order valence-electron chi connectivity index (χ0n) is 7.80. The van der Waals surface area contributed by atoms with Crippen LogP contribution in [0.25, 0.3) is 0 Å². The first-order valence-electron chi connectivity index (χ1n) is 4.79. The molecule has 14 heavy (non-hydrogen) atoms. The summed E-state index contributed by atoms with van der Waals surface area (Å²) < 4.78 is 0. The van der Waals surface area contributed by atoms with Gasteiger partial charge in [0, 0.05) is 0 Å². The highest BCUT2D eigenvalue weighted by Gasteiger charge is 2.22. The minimum atomic E-state index is -0.169. The van der Waals surface area contributed by atoms with Crippen LogP contribution in [0.2, 0.25) is 0 Å². The number of aliphatic hydroxyl groups is 1. The smallest absolute Gasteiger partial charge is 0.182 e. The van der Waals surface area contributed by atoms with Crippen LogP contribution in [0.4, 0.5) is 0 Å². The number of aromatic nitrogens is 3. The second kappa shape index (κ2) is 3.76. The molecule has 5 nitrogen and oxygen atoms in total. The summed E-state index contributed by atoms with van der Waals surface area (Å²) in [5.74, 6) is 0. The van der Waals surface area contributed by atoms with Crippen LogP contribution in [0.15, 0.2) is 6.20 Å². The minimum Gasteiger partial charge on any atom is -0.393 e. The first-order chi connectivity index (χ1) is 6.79. The van der Waals surface area contributed by atoms with Gasteiger partial charge in [0.15, 0.2) is 5.69 Å². The van der Waals surface area contributed by atoms with Gasteiger partial charge in [0.05, 0.1) is 18.3 Å². The van der Waals surface area contributed by atoms with Crippen molar-refractivity contribution >= 4 is 0 Å². The van der Waals surface area contributed by atoms with Crippen LogP contribution < -0.4 is 0 Å². The van der Waals surface area contributed by atoms with Crippen molar-refractivity contribution in [3.8, 4) is 6.07 Å². The summed E-state index contributed by atoms with van der Waals surface area (Å²) in [5, 5.41) is 26.0. The van der Waals surface area contributed by atoms with Gasteiger partial charge in [-0.05, 0) is 25.7 Å². The van der Waals surface area contributed by atoms with Crippen LogP contribution in [0.5, 0.6) is 0 Å². The Bertz CT molecular complexity index is 346. The third-order valence-electron chi connectivity index (χ3n) is 2.62. The van der Waals surface area contributed by atoms with E-state index in [0.29, 0.717) is 5.69 Å². The standard InChI is InChI=1S/C9H12N4O/c10-5-7-6-11-13(12-7)8-1-3-9(14)4-2-8/h6,8-9,14H,1-4H2. The summed E-state index contributed by atoms with van der Waals surface area (Å²) in [6.45, 7) is 0. The largest absolute Gasteiger partial charge is 0.393 e. The summed E-state index contributed by atoms with van der Waals surface area (Å²) in [7, 11) is 0. The normalized spacial score (nSPS) is 27.1. The second-order valence-corrected chi connectivity index (χ2v) is 3.62. The molecular weight excluding hydrogens is 180 g/mol. The summed E-state index contributed by atoms with van der Waals surface area (Å²) >= 11 is 0. The lowest BCUT2D eigenvalue weighted by Gasteiger charge is -2.24. The van der Waals surface area contributed by atoms with E-state index in [0.717, 1.165) is 25.7 Å². The quantitative estimate of drug-likeness (QED) is 0.708. The number of rotatable bonds is 1. The van der Waals surface area contributed by atoms with Crippen molar-refractivity contribution in [1.29, 1.82) is 5.26 Å². The maximum Gasteiger partial charge on any atom is 0.182 e. The van der Waals surface area contributed by atoms with Crippen LogP contribution >= 0.6 is 0 Å². The molecule has 5 heteroatoms. The van der Waals surface area contributed by atoms with E-state index in [-0.39, 0.29) is 12.1 Å². The maximum absolute atomic E-state index is 9.32. The molecule has 0 bridgehead atoms. The monoisotopic (exact) mass is 192 g/mol. The molecule has 0 spiro atoms. The Hall–Kier alpha value is -1.41. The average molecular weight is 192 g/mol. The number of hydrogen-bond acceptors (Lipinski definition) is 4. The van der Waals surface area contributed by atoms with Crippen molar-refractivity contribution in [2.75, 3.05) is 0 Å². The van der Waals surface area contributed by atoms with E-state index < -0.39 is 0 Å². The number of nitriles is 1. The molecule has 1 fully saturated rings. The van der Waals surface area contributed by atoms with E-state index in [1.807, 2.05) is 6.07 Å². The summed E-state index contributed by atoms with van der Waals surface area (Å²) in [6, 6.07) is 2.20. The van der Waals surface area contributed by atoms with Gasteiger partial charge in [-0.15, -0.1) is 5.10 Å². The fourth-order valence-corrected chi connectivity index (χ4v) is 1.79. The first kappa shape index (κ1) is 9.16. The summed E-state index contributed by atoms with van der Waals surface area (Å²) in [6.07, 6.45) is 4.69. The van der Waals surface area contributed by atoms with Gasteiger partial charge in [0.1, 0.15) is 6.07 Å². The molecule has 1 aliphatic rings. The Morgan fingerprint density at radius 1 is 1.43 bits per heavy atom. The number of nitrogens with zero attached hydrogens (tertiary/aromatic N) is 4. The number of aliphatic hydroxyl groups excluding tert-OH is 1. The molecule has 0 aromatic carbocycles. The Labute approximate surface area is 82.0 Å². The minimum absolute atomic E-state index is 0.169. The molecule has 1 saturated carbocycles. The van der Waals surface area contributed by atoms with Crippen LogP contribution in [0.1, 0.15) is 37.4 Å². The van der Waals surface area contributed by atoms with E-state index in [2.05, 4.69) is 10.2 Å². The molecule has 1 aliphatic carbocycles. The molecule has 0 radical (unpaired) electrons. The van der Waals surface area contributed by atoms with E-state index in [1.165, 1.54) is 6.20 Å². The van der Waals surface area contributed by atoms with Gasteiger partial charge in [-0.25, -0.2) is 0 Å². The SMILES string of the molecule is N#Cc1cnn(C2CCC(O)CC2)n1. The highest BCUT2D eigenvalue weighted by molar-refractivity contribution is 5.12. The molecule has 0 atom stereocenters. The van der Waals surface area contributed by atoms with Gasteiger partial charge in [-0.3, -0.25) is 0 Å². The van der Waals surface area contributed by atoms with Crippen LogP contribution in [0, 0.1) is 11.3 Å². The molecule has 1 heterocycles. The van der Waals surface area contributed by atoms with E-state index in [9.17, 15) is 5.11 Å². The Morgan fingerprint density at radius 3 is 2.71 bits per heavy atom. The van der Waals surface area contributed by atoms with Gasteiger partial charge in [0.25, 0.3) is 0 Å². The summed E-state index contributed by atoms with van der Waals surface area (Å²) in [4.78, 5) is 1.60. The lowest BCUT2D eigenvalue weighted by atomic mass is 9.94. The maximum atomic E-state index is 9.32. The molecule has 0 amide bonds. The fourth-order valence-electron chi connectivity index (χ4n) is 1.79. The molecule has 1 aromatic heterocycles. The molecule has 0 saturated heterocycles. The predicted octanol–water partition coefficient (Wildman–Crippen LogP) is 0.626. The molecule has 74 valence electrons. The van der Waals surface area contributed by atoms with Crippen LogP contribution in [-0.2, 0) is 0 Å². The van der Waals surface area contributed by atoms with E-state index in [1.54, 1.807) is 4.80 Å². The second-order valence-electron chi connectivity index (χ2n) is 3.62. The van der Waals surface area contributed by atoms with Crippen molar-refractivity contribution in [3.05, 3.63) is 11.9 Å². The lowest BCUT2D eigenvalue weighted by molar-refractivity contribution is 0.104. The third-order valence-corrected chi connectivity index (χ3v) is 2.62. The Morgan fingerprint density at radius 2 is 2.14 bits per heavy atom. The molecule has 1 N–H and O–H groups in total. The topological polar surface area (TPSA) is 74.7 Å². The average Bonchev–Trinajstić information content (AvgIpc) is 2.67. The fraction of sp³-hybridized carbons (Fsp3) is 0.667. The van der Waals surface area contributed by atoms with Gasteiger partial charge in [-0.1, -0.05) is 0 Å². The van der Waals surface area contributed by atoms with E-state index >= 15 is 0 Å². The first-order valence-corrected chi connectivity index (χ1v) is 4.79. The Balaban J connectivity index is 2.05. The molecule has 2 rings (SSSR count). The molecule has 0 unspecified atom stereocenters. The van der Waals surface area contributed by atoms with Crippen molar-refractivity contribution in [2.45, 2.75) is 37.8 Å². The van der Waals surface area contributed by atoms with Gasteiger partial charge in [0.2, 0.25) is 0 Å². The Kier molecular flexibility index (Phi) is 2.46. The highest BCUT2D eigenvalue weighted by atomic mass is 16.3. The van der Waals surface area contributed by atoms with E-state index in [4.69, 9.17) is 5.26 Å². The van der Waals surface area contributed by atoms with Gasteiger partial charge in [-0.2, -0.15) is 15.2 Å². The van der Waals surface area contributed by atoms with Crippen molar-refractivity contribution in [2.24, 2.45) is 0 Å². The zero-order chi connectivity index (χ0) is 9.97. The highest BCUT2D eigenvalue weighted by Crippen LogP contribution is 2.26. The van der Waals surface area contributed by atoms with Gasteiger partial charge < -0.3 is 5.11 Å². The summed E-state index contributed by atoms with van der Waals surface area (Å²) in [5.41, 5.74) is 0.358. The third kappa shape index (κ3) is 1.75. The van der Waals surface area contributed by atoms with Crippen molar-refractivity contribution < 1.29 is 5.11 Å².